The Balaban J connectivity index is 2.04. The van der Waals surface area contributed by atoms with Crippen LogP contribution in [0, 0.1) is 5.92 Å². The van der Waals surface area contributed by atoms with Crippen molar-refractivity contribution in [3.05, 3.63) is 28.8 Å². The fourth-order valence-corrected chi connectivity index (χ4v) is 4.28. The second-order valence-electron chi connectivity index (χ2n) is 7.33. The number of esters is 2. The Morgan fingerprint density at radius 2 is 1.84 bits per heavy atom. The minimum Gasteiger partial charge on any atom is -0.466 e. The summed E-state index contributed by atoms with van der Waals surface area (Å²) in [6, 6.07) is 3.71. The van der Waals surface area contributed by atoms with Gasteiger partial charge in [0.2, 0.25) is 10.0 Å². The summed E-state index contributed by atoms with van der Waals surface area (Å²) in [6.07, 6.45) is -0.153. The monoisotopic (exact) mass is 474 g/mol. The van der Waals surface area contributed by atoms with Crippen LogP contribution in [0.5, 0.6) is 0 Å². The average molecular weight is 475 g/mol. The molecule has 11 heteroatoms. The molecular weight excluding hydrogens is 448 g/mol. The molecule has 0 bridgehead atoms. The largest absolute Gasteiger partial charge is 0.466 e. The van der Waals surface area contributed by atoms with Crippen LogP contribution in [-0.4, -0.2) is 75.4 Å². The van der Waals surface area contributed by atoms with Gasteiger partial charge in [0.05, 0.1) is 28.0 Å². The van der Waals surface area contributed by atoms with Crippen molar-refractivity contribution in [3.63, 3.8) is 0 Å². The highest BCUT2D eigenvalue weighted by Crippen LogP contribution is 2.24. The van der Waals surface area contributed by atoms with Gasteiger partial charge < -0.3 is 14.4 Å². The number of amides is 1. The molecule has 1 aliphatic heterocycles. The van der Waals surface area contributed by atoms with Crippen molar-refractivity contribution < 1.29 is 32.3 Å². The number of carbonyl (C=O) groups excluding carboxylic acids is 3. The van der Waals surface area contributed by atoms with Crippen LogP contribution in [0.1, 0.15) is 37.0 Å². The van der Waals surface area contributed by atoms with Crippen molar-refractivity contribution in [1.29, 1.82) is 0 Å². The summed E-state index contributed by atoms with van der Waals surface area (Å²) in [7, 11) is -1.04. The Hall–Kier alpha value is -2.17. The van der Waals surface area contributed by atoms with E-state index in [1.54, 1.807) is 6.92 Å². The molecule has 9 nitrogen and oxygen atoms in total. The molecule has 1 heterocycles. The van der Waals surface area contributed by atoms with Gasteiger partial charge in [-0.3, -0.25) is 9.59 Å². The molecule has 0 spiro atoms. The molecule has 0 radical (unpaired) electrons. The molecular formula is C20H27ClN2O7S. The molecule has 0 aliphatic carbocycles. The SMILES string of the molecule is CCOC(=O)C1CCN(C(=O)C(C)OC(=O)c2cc(S(=O)(=O)N(C)C)ccc2Cl)CC1. The molecule has 0 aromatic heterocycles. The average Bonchev–Trinajstić information content (AvgIpc) is 2.73. The molecule has 2 rings (SSSR count). The van der Waals surface area contributed by atoms with Crippen LogP contribution in [0.25, 0.3) is 0 Å². The first-order valence-corrected chi connectivity index (χ1v) is 11.7. The van der Waals surface area contributed by atoms with Crippen molar-refractivity contribution >= 4 is 39.5 Å². The van der Waals surface area contributed by atoms with Gasteiger partial charge >= 0.3 is 11.9 Å². The lowest BCUT2D eigenvalue weighted by atomic mass is 9.97. The van der Waals surface area contributed by atoms with Gasteiger partial charge in [-0.25, -0.2) is 17.5 Å². The normalized spacial score (nSPS) is 16.1. The Labute approximate surface area is 187 Å². The van der Waals surface area contributed by atoms with Gasteiger partial charge in [-0.1, -0.05) is 11.6 Å². The van der Waals surface area contributed by atoms with Gasteiger partial charge in [0.25, 0.3) is 5.91 Å². The number of sulfonamides is 1. The Morgan fingerprint density at radius 1 is 1.23 bits per heavy atom. The zero-order chi connectivity index (χ0) is 23.3. The van der Waals surface area contributed by atoms with Crippen LogP contribution < -0.4 is 0 Å². The number of ether oxygens (including phenoxy) is 2. The lowest BCUT2D eigenvalue weighted by molar-refractivity contribution is -0.152. The maximum Gasteiger partial charge on any atom is 0.340 e. The van der Waals surface area contributed by atoms with Gasteiger partial charge in [-0.05, 0) is 44.9 Å². The van der Waals surface area contributed by atoms with Crippen molar-refractivity contribution in [3.8, 4) is 0 Å². The highest BCUT2D eigenvalue weighted by atomic mass is 35.5. The molecule has 1 aromatic rings. The molecule has 172 valence electrons. The number of hydrogen-bond acceptors (Lipinski definition) is 7. The molecule has 1 atom stereocenters. The van der Waals surface area contributed by atoms with Gasteiger partial charge in [0.15, 0.2) is 6.10 Å². The summed E-state index contributed by atoms with van der Waals surface area (Å²) in [5.74, 6) is -1.81. The maximum absolute atomic E-state index is 12.7. The molecule has 1 aliphatic rings. The molecule has 31 heavy (non-hydrogen) atoms. The third-order valence-corrected chi connectivity index (χ3v) is 7.14. The summed E-state index contributed by atoms with van der Waals surface area (Å²) in [4.78, 5) is 38.5. The van der Waals surface area contributed by atoms with Crippen LogP contribution in [-0.2, 0) is 29.1 Å². The quantitative estimate of drug-likeness (QED) is 0.555. The number of carbonyl (C=O) groups is 3. The van der Waals surface area contributed by atoms with E-state index >= 15 is 0 Å². The molecule has 0 N–H and O–H groups in total. The minimum absolute atomic E-state index is 0.0117. The van der Waals surface area contributed by atoms with Crippen LogP contribution in [0.15, 0.2) is 23.1 Å². The standard InChI is InChI=1S/C20H27ClN2O7S/c1-5-29-19(25)14-8-10-23(11-9-14)18(24)13(2)30-20(26)16-12-15(6-7-17(16)21)31(27,28)22(3)4/h6-7,12-14H,5,8-11H2,1-4H3. The topological polar surface area (TPSA) is 110 Å². The smallest absolute Gasteiger partial charge is 0.340 e. The number of benzene rings is 1. The van der Waals surface area contributed by atoms with Gasteiger partial charge in [0, 0.05) is 27.2 Å². The number of rotatable bonds is 7. The summed E-state index contributed by atoms with van der Waals surface area (Å²) >= 11 is 6.06. The highest BCUT2D eigenvalue weighted by molar-refractivity contribution is 7.89. The molecule has 1 fully saturated rings. The zero-order valence-electron chi connectivity index (χ0n) is 18.0. The van der Waals surface area contributed by atoms with Crippen molar-refractivity contribution in [2.75, 3.05) is 33.8 Å². The summed E-state index contributed by atoms with van der Waals surface area (Å²) < 4.78 is 35.9. The number of nitrogens with zero attached hydrogens (tertiary/aromatic N) is 2. The Bertz CT molecular complexity index is 941. The first-order chi connectivity index (χ1) is 14.5. The lowest BCUT2D eigenvalue weighted by Crippen LogP contribution is -2.45. The zero-order valence-corrected chi connectivity index (χ0v) is 19.5. The third-order valence-electron chi connectivity index (χ3n) is 4.99. The first kappa shape index (κ1) is 25.1. The van der Waals surface area contributed by atoms with E-state index in [1.165, 1.54) is 38.1 Å². The maximum atomic E-state index is 12.7. The van der Waals surface area contributed by atoms with Crippen molar-refractivity contribution in [2.24, 2.45) is 5.92 Å². The van der Waals surface area contributed by atoms with E-state index in [2.05, 4.69) is 0 Å². The van der Waals surface area contributed by atoms with Gasteiger partial charge in [-0.2, -0.15) is 0 Å². The Morgan fingerprint density at radius 3 is 2.39 bits per heavy atom. The number of piperidine rings is 1. The van der Waals surface area contributed by atoms with E-state index in [0.29, 0.717) is 32.5 Å². The summed E-state index contributed by atoms with van der Waals surface area (Å²) in [5, 5.41) is 0.0117. The fraction of sp³-hybridized carbons (Fsp3) is 0.550. The van der Waals surface area contributed by atoms with E-state index in [0.717, 1.165) is 10.4 Å². The minimum atomic E-state index is -3.77. The van der Waals surface area contributed by atoms with Gasteiger partial charge in [0.1, 0.15) is 0 Å². The van der Waals surface area contributed by atoms with E-state index < -0.39 is 28.0 Å². The molecule has 1 unspecified atom stereocenters. The molecule has 0 saturated carbocycles. The predicted octanol–water partition coefficient (Wildman–Crippen LogP) is 1.94. The second kappa shape index (κ2) is 10.4. The summed E-state index contributed by atoms with van der Waals surface area (Å²) in [5.41, 5.74) is -0.148. The lowest BCUT2D eigenvalue weighted by Gasteiger charge is -2.32. The third kappa shape index (κ3) is 5.96. The van der Waals surface area contributed by atoms with E-state index in [-0.39, 0.29) is 27.4 Å². The van der Waals surface area contributed by atoms with Crippen LogP contribution in [0.3, 0.4) is 0 Å². The number of halogens is 1. The highest BCUT2D eigenvalue weighted by Gasteiger charge is 2.32. The summed E-state index contributed by atoms with van der Waals surface area (Å²) in [6.45, 7) is 4.18. The molecule has 1 aromatic carbocycles. The van der Waals surface area contributed by atoms with Crippen molar-refractivity contribution in [2.45, 2.75) is 37.7 Å². The van der Waals surface area contributed by atoms with Crippen LogP contribution in [0.2, 0.25) is 5.02 Å². The van der Waals surface area contributed by atoms with Crippen LogP contribution >= 0.6 is 11.6 Å². The van der Waals surface area contributed by atoms with Crippen molar-refractivity contribution in [1.82, 2.24) is 9.21 Å². The van der Waals surface area contributed by atoms with Gasteiger partial charge in [-0.15, -0.1) is 0 Å². The Kier molecular flexibility index (Phi) is 8.44. The van der Waals surface area contributed by atoms with Crippen LogP contribution in [0.4, 0.5) is 0 Å². The predicted molar refractivity (Wildman–Crippen MR) is 113 cm³/mol. The molecule has 1 amide bonds. The number of likely N-dealkylation sites (tertiary alicyclic amines) is 1. The van der Waals surface area contributed by atoms with E-state index in [9.17, 15) is 22.8 Å². The number of hydrogen-bond donors (Lipinski definition) is 0. The van der Waals surface area contributed by atoms with E-state index in [1.807, 2.05) is 0 Å². The fourth-order valence-electron chi connectivity index (χ4n) is 3.16. The first-order valence-electron chi connectivity index (χ1n) is 9.87. The van der Waals surface area contributed by atoms with E-state index in [4.69, 9.17) is 21.1 Å². The second-order valence-corrected chi connectivity index (χ2v) is 9.89. The molecule has 1 saturated heterocycles.